The number of hydrogen-bond acceptors (Lipinski definition) is 7. The van der Waals surface area contributed by atoms with Crippen molar-refractivity contribution in [3.8, 4) is 0 Å². The van der Waals surface area contributed by atoms with Gasteiger partial charge in [-0.25, -0.2) is 4.98 Å². The van der Waals surface area contributed by atoms with Crippen LogP contribution in [-0.4, -0.2) is 53.2 Å². The zero-order valence-corrected chi connectivity index (χ0v) is 20.4. The Morgan fingerprint density at radius 1 is 1.27 bits per heavy atom. The monoisotopic (exact) mass is 516 g/mol. The Morgan fingerprint density at radius 3 is 2.78 bits per heavy atom. The molecule has 1 amide bonds. The second-order valence-corrected chi connectivity index (χ2v) is 9.25. The number of carbonyl (C=O) groups is 1. The zero-order chi connectivity index (χ0) is 26.3. The highest BCUT2D eigenvalue weighted by Crippen LogP contribution is 2.38. The molecule has 37 heavy (non-hydrogen) atoms. The van der Waals surface area contributed by atoms with Crippen LogP contribution in [0.1, 0.15) is 52.2 Å². The molecule has 0 bridgehead atoms. The number of hydrogen-bond donors (Lipinski definition) is 1. The molecule has 8 nitrogen and oxygen atoms in total. The van der Waals surface area contributed by atoms with E-state index in [9.17, 15) is 18.0 Å². The van der Waals surface area contributed by atoms with Crippen LogP contribution in [0.25, 0.3) is 10.9 Å². The quantitative estimate of drug-likeness (QED) is 0.541. The molecule has 2 N–H and O–H groups in total. The van der Waals surface area contributed by atoms with Crippen molar-refractivity contribution in [3.05, 3.63) is 64.5 Å². The van der Waals surface area contributed by atoms with Crippen molar-refractivity contribution in [2.24, 2.45) is 0 Å². The predicted octanol–water partition coefficient (Wildman–Crippen LogP) is 4.27. The van der Waals surface area contributed by atoms with Gasteiger partial charge in [-0.05, 0) is 49.2 Å². The number of rotatable bonds is 5. The van der Waals surface area contributed by atoms with Gasteiger partial charge < -0.3 is 24.8 Å². The van der Waals surface area contributed by atoms with E-state index in [-0.39, 0.29) is 24.6 Å². The molecule has 1 saturated heterocycles. The van der Waals surface area contributed by atoms with Crippen LogP contribution in [-0.2, 0) is 33.5 Å². The van der Waals surface area contributed by atoms with Crippen molar-refractivity contribution < 1.29 is 32.2 Å². The summed E-state index contributed by atoms with van der Waals surface area (Å²) in [5.74, 6) is 0.113. The average Bonchev–Trinajstić information content (AvgIpc) is 3.29. The van der Waals surface area contributed by atoms with Gasteiger partial charge in [0.1, 0.15) is 11.9 Å². The van der Waals surface area contributed by atoms with Crippen LogP contribution in [0.15, 0.2) is 36.5 Å². The van der Waals surface area contributed by atoms with Crippen LogP contribution in [0.2, 0.25) is 0 Å². The molecule has 2 aliphatic heterocycles. The fourth-order valence-corrected chi connectivity index (χ4v) is 5.05. The van der Waals surface area contributed by atoms with E-state index in [1.54, 1.807) is 30.2 Å². The van der Waals surface area contributed by atoms with Crippen molar-refractivity contribution >= 4 is 22.6 Å². The highest BCUT2D eigenvalue weighted by atomic mass is 19.4. The molecule has 0 saturated carbocycles. The van der Waals surface area contributed by atoms with Crippen LogP contribution < -0.4 is 5.73 Å². The first kappa shape index (κ1) is 25.4. The van der Waals surface area contributed by atoms with Crippen LogP contribution in [0.3, 0.4) is 0 Å². The summed E-state index contributed by atoms with van der Waals surface area (Å²) in [7, 11) is 1.54. The van der Waals surface area contributed by atoms with E-state index >= 15 is 0 Å². The third-order valence-corrected chi connectivity index (χ3v) is 7.01. The Kier molecular flexibility index (Phi) is 6.78. The minimum atomic E-state index is -4.49. The Hall–Kier alpha value is -3.28. The number of amides is 1. The summed E-state index contributed by atoms with van der Waals surface area (Å²) in [6.07, 6.45) is -3.79. The Bertz CT molecular complexity index is 1320. The highest BCUT2D eigenvalue weighted by Gasteiger charge is 2.36. The number of methoxy groups -OCH3 is 1. The molecule has 2 aromatic heterocycles. The highest BCUT2D eigenvalue weighted by molar-refractivity contribution is 5.99. The van der Waals surface area contributed by atoms with E-state index in [1.807, 2.05) is 6.92 Å². The van der Waals surface area contributed by atoms with Gasteiger partial charge in [0.25, 0.3) is 5.91 Å². The number of fused-ring (bicyclic) bond motifs is 3. The largest absolute Gasteiger partial charge is 0.417 e. The van der Waals surface area contributed by atoms with E-state index < -0.39 is 17.8 Å². The molecular weight excluding hydrogens is 489 g/mol. The van der Waals surface area contributed by atoms with Crippen molar-refractivity contribution in [2.75, 3.05) is 26.1 Å². The molecule has 0 aliphatic carbocycles. The van der Waals surface area contributed by atoms with Crippen molar-refractivity contribution in [3.63, 3.8) is 0 Å². The molecular formula is C26H27F3N4O4. The Labute approximate surface area is 211 Å². The minimum Gasteiger partial charge on any atom is -0.383 e. The van der Waals surface area contributed by atoms with Gasteiger partial charge in [-0.1, -0.05) is 0 Å². The van der Waals surface area contributed by atoms with Crippen molar-refractivity contribution in [1.29, 1.82) is 0 Å². The second kappa shape index (κ2) is 9.88. The normalized spacial score (nSPS) is 21.7. The summed E-state index contributed by atoms with van der Waals surface area (Å²) in [5, 5.41) is 0.780. The van der Waals surface area contributed by atoms with Gasteiger partial charge in [0.15, 0.2) is 0 Å². The van der Waals surface area contributed by atoms with Crippen LogP contribution in [0.4, 0.5) is 19.0 Å². The predicted molar refractivity (Wildman–Crippen MR) is 128 cm³/mol. The zero-order valence-electron chi connectivity index (χ0n) is 20.4. The third-order valence-electron chi connectivity index (χ3n) is 7.01. The molecule has 5 rings (SSSR count). The topological polar surface area (TPSA) is 99.8 Å². The van der Waals surface area contributed by atoms with Crippen molar-refractivity contribution in [1.82, 2.24) is 14.9 Å². The summed E-state index contributed by atoms with van der Waals surface area (Å²) < 4.78 is 56.0. The molecule has 3 atom stereocenters. The van der Waals surface area contributed by atoms with Gasteiger partial charge in [0.05, 0.1) is 48.7 Å². The molecule has 0 unspecified atom stereocenters. The number of nitrogens with zero attached hydrogens (tertiary/aromatic N) is 3. The number of aromatic nitrogens is 2. The molecule has 1 fully saturated rings. The average molecular weight is 517 g/mol. The van der Waals surface area contributed by atoms with E-state index in [4.69, 9.17) is 19.9 Å². The summed E-state index contributed by atoms with van der Waals surface area (Å²) in [6.45, 7) is 3.01. The molecule has 0 spiro atoms. The lowest BCUT2D eigenvalue weighted by Gasteiger charge is -2.39. The molecule has 196 valence electrons. The van der Waals surface area contributed by atoms with Gasteiger partial charge in [0, 0.05) is 36.4 Å². The summed E-state index contributed by atoms with van der Waals surface area (Å²) in [5.41, 5.74) is 8.44. The molecule has 2 aliphatic rings. The number of alkyl halides is 3. The summed E-state index contributed by atoms with van der Waals surface area (Å²) in [4.78, 5) is 24.0. The first-order valence-corrected chi connectivity index (χ1v) is 11.9. The molecule has 0 radical (unpaired) electrons. The second-order valence-electron chi connectivity index (χ2n) is 9.25. The standard InChI is InChI=1S/C26H27F3N4O4/c1-14-23-19(12-37-14)18-9-15(3-6-20(18)32-24(23)30)25(34)33(21-7-8-36-13-22(21)35-2)11-17-5-4-16(10-31-17)26(27,28)29/h3-6,9-10,14,21-22H,7-8,11-13H2,1-2H3,(H2,30,32)/t14-,21+,22+/m1/s1. The van der Waals surface area contributed by atoms with Gasteiger partial charge in [-0.15, -0.1) is 0 Å². The van der Waals surface area contributed by atoms with Gasteiger partial charge in [0.2, 0.25) is 0 Å². The molecule has 4 heterocycles. The van der Waals surface area contributed by atoms with E-state index in [1.165, 1.54) is 6.07 Å². The lowest BCUT2D eigenvalue weighted by molar-refractivity contribution is -0.137. The van der Waals surface area contributed by atoms with Crippen LogP contribution in [0.5, 0.6) is 0 Å². The lowest BCUT2D eigenvalue weighted by Crippen LogP contribution is -2.52. The number of nitrogens with two attached hydrogens (primary N) is 1. The van der Waals surface area contributed by atoms with Crippen LogP contribution in [0, 0.1) is 0 Å². The maximum Gasteiger partial charge on any atom is 0.417 e. The number of carbonyl (C=O) groups excluding carboxylic acids is 1. The Morgan fingerprint density at radius 2 is 2.08 bits per heavy atom. The first-order valence-electron chi connectivity index (χ1n) is 11.9. The van der Waals surface area contributed by atoms with Gasteiger partial charge in [-0.2, -0.15) is 13.2 Å². The Balaban J connectivity index is 1.52. The van der Waals surface area contributed by atoms with E-state index in [0.29, 0.717) is 48.8 Å². The number of halogens is 3. The van der Waals surface area contributed by atoms with E-state index in [2.05, 4.69) is 9.97 Å². The first-order chi connectivity index (χ1) is 17.7. The maximum atomic E-state index is 14.0. The number of nitrogen functional groups attached to an aromatic ring is 1. The van der Waals surface area contributed by atoms with E-state index in [0.717, 1.165) is 28.8 Å². The number of pyridine rings is 2. The van der Waals surface area contributed by atoms with Crippen LogP contribution >= 0.6 is 0 Å². The SMILES string of the molecule is CO[C@H]1COCC[C@@H]1N(Cc1ccc(C(F)(F)F)cn1)C(=O)c1ccc2nc(N)c3c(c2c1)CO[C@@H]3C. The molecule has 1 aromatic carbocycles. The third kappa shape index (κ3) is 4.86. The fourth-order valence-electron chi connectivity index (χ4n) is 5.05. The molecule has 11 heteroatoms. The lowest BCUT2D eigenvalue weighted by atomic mass is 9.98. The number of anilines is 1. The summed E-state index contributed by atoms with van der Waals surface area (Å²) in [6, 6.07) is 7.11. The van der Waals surface area contributed by atoms with Crippen molar-refractivity contribution in [2.45, 2.75) is 50.9 Å². The number of ether oxygens (including phenoxy) is 3. The summed E-state index contributed by atoms with van der Waals surface area (Å²) >= 11 is 0. The molecule has 3 aromatic rings. The maximum absolute atomic E-state index is 14.0. The minimum absolute atomic E-state index is 0.0117. The van der Waals surface area contributed by atoms with Gasteiger partial charge >= 0.3 is 6.18 Å². The smallest absolute Gasteiger partial charge is 0.383 e. The van der Waals surface area contributed by atoms with Gasteiger partial charge in [-0.3, -0.25) is 9.78 Å². The fraction of sp³-hybridized carbons (Fsp3) is 0.423. The number of benzene rings is 1.